The Hall–Kier alpha value is -2.61. The Morgan fingerprint density at radius 1 is 1.22 bits per heavy atom. The topological polar surface area (TPSA) is 98.5 Å². The van der Waals surface area contributed by atoms with Gasteiger partial charge in [-0.2, -0.15) is 0 Å². The molecule has 0 heterocycles. The van der Waals surface area contributed by atoms with Gasteiger partial charge in [0.05, 0.1) is 17.7 Å². The van der Waals surface area contributed by atoms with Crippen molar-refractivity contribution in [2.75, 3.05) is 11.8 Å². The zero-order chi connectivity index (χ0) is 17.2. The fraction of sp³-hybridized carbons (Fsp3) is 0.133. The molecular formula is C15H15FN2O4S. The van der Waals surface area contributed by atoms with Crippen LogP contribution in [0.2, 0.25) is 0 Å². The molecule has 3 N–H and O–H groups in total. The number of benzene rings is 2. The molecule has 1 amide bonds. The summed E-state index contributed by atoms with van der Waals surface area (Å²) in [6.07, 6.45) is 0. The van der Waals surface area contributed by atoms with E-state index < -0.39 is 21.7 Å². The number of anilines is 1. The normalized spacial score (nSPS) is 11.1. The molecule has 0 aliphatic heterocycles. The number of rotatable bonds is 5. The van der Waals surface area contributed by atoms with Crippen LogP contribution in [0.3, 0.4) is 0 Å². The lowest BCUT2D eigenvalue weighted by molar-refractivity contribution is 0.100. The van der Waals surface area contributed by atoms with Crippen LogP contribution in [-0.2, 0) is 10.0 Å². The minimum absolute atomic E-state index is 0.0625. The maximum Gasteiger partial charge on any atom is 0.262 e. The lowest BCUT2D eigenvalue weighted by Crippen LogP contribution is -2.16. The molecule has 122 valence electrons. The van der Waals surface area contributed by atoms with Crippen LogP contribution in [0.5, 0.6) is 5.75 Å². The van der Waals surface area contributed by atoms with Gasteiger partial charge in [-0.1, -0.05) is 0 Å². The molecule has 0 fully saturated rings. The molecule has 8 heteroatoms. The van der Waals surface area contributed by atoms with Crippen LogP contribution in [0.4, 0.5) is 10.1 Å². The number of carbonyl (C=O) groups is 1. The summed E-state index contributed by atoms with van der Waals surface area (Å²) in [5, 5.41) is 0. The van der Waals surface area contributed by atoms with Crippen molar-refractivity contribution in [2.45, 2.75) is 11.8 Å². The van der Waals surface area contributed by atoms with Gasteiger partial charge < -0.3 is 10.5 Å². The van der Waals surface area contributed by atoms with Gasteiger partial charge in [-0.3, -0.25) is 9.52 Å². The van der Waals surface area contributed by atoms with E-state index in [9.17, 15) is 17.6 Å². The van der Waals surface area contributed by atoms with Crippen molar-refractivity contribution < 1.29 is 22.3 Å². The van der Waals surface area contributed by atoms with Crippen molar-refractivity contribution in [2.24, 2.45) is 5.73 Å². The van der Waals surface area contributed by atoms with E-state index in [2.05, 4.69) is 4.72 Å². The van der Waals surface area contributed by atoms with Crippen molar-refractivity contribution in [3.63, 3.8) is 0 Å². The third kappa shape index (κ3) is 3.59. The summed E-state index contributed by atoms with van der Waals surface area (Å²) < 4.78 is 45.5. The van der Waals surface area contributed by atoms with E-state index >= 15 is 0 Å². The number of ether oxygens (including phenoxy) is 1. The molecule has 0 bridgehead atoms. The first-order valence-electron chi connectivity index (χ1n) is 6.51. The van der Waals surface area contributed by atoms with Crippen LogP contribution >= 0.6 is 0 Å². The molecule has 0 aromatic heterocycles. The lowest BCUT2D eigenvalue weighted by atomic mass is 10.2. The van der Waals surface area contributed by atoms with Crippen LogP contribution in [0.15, 0.2) is 41.3 Å². The number of carbonyl (C=O) groups excluding carboxylic acids is 1. The number of hydrogen-bond donors (Lipinski definition) is 2. The van der Waals surface area contributed by atoms with Crippen LogP contribution in [0, 0.1) is 12.7 Å². The van der Waals surface area contributed by atoms with Gasteiger partial charge >= 0.3 is 0 Å². The molecule has 23 heavy (non-hydrogen) atoms. The first kappa shape index (κ1) is 16.8. The van der Waals surface area contributed by atoms with E-state index in [0.717, 1.165) is 18.2 Å². The number of nitrogens with two attached hydrogens (primary N) is 1. The Morgan fingerprint density at radius 2 is 1.91 bits per heavy atom. The van der Waals surface area contributed by atoms with E-state index in [1.165, 1.54) is 32.2 Å². The summed E-state index contributed by atoms with van der Waals surface area (Å²) in [7, 11) is -2.62. The number of sulfonamides is 1. The summed E-state index contributed by atoms with van der Waals surface area (Å²) in [5.41, 5.74) is 5.63. The molecule has 0 atom stereocenters. The van der Waals surface area contributed by atoms with E-state index in [1.807, 2.05) is 0 Å². The molecular weight excluding hydrogens is 323 g/mol. The smallest absolute Gasteiger partial charge is 0.262 e. The van der Waals surface area contributed by atoms with Crippen molar-refractivity contribution in [1.82, 2.24) is 0 Å². The van der Waals surface area contributed by atoms with Gasteiger partial charge in [-0.25, -0.2) is 12.8 Å². The minimum Gasteiger partial charge on any atom is -0.495 e. The number of hydrogen-bond acceptors (Lipinski definition) is 4. The second-order valence-corrected chi connectivity index (χ2v) is 6.45. The third-order valence-electron chi connectivity index (χ3n) is 3.15. The number of aryl methyl sites for hydroxylation is 1. The summed E-state index contributed by atoms with van der Waals surface area (Å²) in [4.78, 5) is 11.2. The average molecular weight is 338 g/mol. The van der Waals surface area contributed by atoms with Gasteiger partial charge in [0.2, 0.25) is 5.91 Å². The van der Waals surface area contributed by atoms with Gasteiger partial charge in [-0.05, 0) is 48.9 Å². The molecule has 0 unspecified atom stereocenters. The van der Waals surface area contributed by atoms with Gasteiger partial charge in [0, 0.05) is 5.56 Å². The average Bonchev–Trinajstić information content (AvgIpc) is 2.46. The van der Waals surface area contributed by atoms with Gasteiger partial charge in [-0.15, -0.1) is 0 Å². The Morgan fingerprint density at radius 3 is 2.48 bits per heavy atom. The highest BCUT2D eigenvalue weighted by molar-refractivity contribution is 7.92. The van der Waals surface area contributed by atoms with E-state index in [1.54, 1.807) is 0 Å². The molecule has 0 aliphatic carbocycles. The van der Waals surface area contributed by atoms with Crippen molar-refractivity contribution >= 4 is 21.6 Å². The fourth-order valence-corrected chi connectivity index (χ4v) is 3.34. The first-order chi connectivity index (χ1) is 10.7. The highest BCUT2D eigenvalue weighted by Crippen LogP contribution is 2.28. The first-order valence-corrected chi connectivity index (χ1v) is 7.99. The largest absolute Gasteiger partial charge is 0.495 e. The molecule has 2 rings (SSSR count). The molecule has 0 aliphatic rings. The molecule has 0 saturated carbocycles. The zero-order valence-electron chi connectivity index (χ0n) is 12.5. The van der Waals surface area contributed by atoms with Gasteiger partial charge in [0.1, 0.15) is 11.6 Å². The van der Waals surface area contributed by atoms with E-state index in [4.69, 9.17) is 10.5 Å². The predicted octanol–water partition coefficient (Wildman–Crippen LogP) is 2.04. The quantitative estimate of drug-likeness (QED) is 0.871. The Kier molecular flexibility index (Phi) is 4.55. The molecule has 0 spiro atoms. The summed E-state index contributed by atoms with van der Waals surface area (Å²) in [5.74, 6) is -1.01. The highest BCUT2D eigenvalue weighted by Gasteiger charge is 2.20. The highest BCUT2D eigenvalue weighted by atomic mass is 32.2. The fourth-order valence-electron chi connectivity index (χ4n) is 2.06. The number of methoxy groups -OCH3 is 1. The number of amides is 1. The lowest BCUT2D eigenvalue weighted by Gasteiger charge is -2.14. The van der Waals surface area contributed by atoms with Crippen molar-refractivity contribution in [3.05, 3.63) is 53.3 Å². The van der Waals surface area contributed by atoms with Crippen LogP contribution in [0.25, 0.3) is 0 Å². The van der Waals surface area contributed by atoms with E-state index in [-0.39, 0.29) is 27.5 Å². The van der Waals surface area contributed by atoms with Gasteiger partial charge in [0.25, 0.3) is 10.0 Å². The second-order valence-electron chi connectivity index (χ2n) is 4.79. The molecule has 6 nitrogen and oxygen atoms in total. The number of halogens is 1. The molecule has 2 aromatic carbocycles. The monoisotopic (exact) mass is 338 g/mol. The van der Waals surface area contributed by atoms with Gasteiger partial charge in [0.15, 0.2) is 0 Å². The Balaban J connectivity index is 2.48. The van der Waals surface area contributed by atoms with Crippen LogP contribution in [-0.4, -0.2) is 21.4 Å². The van der Waals surface area contributed by atoms with Crippen LogP contribution < -0.4 is 15.2 Å². The van der Waals surface area contributed by atoms with Crippen molar-refractivity contribution in [1.29, 1.82) is 0 Å². The minimum atomic E-state index is -3.98. The Bertz CT molecular complexity index is 866. The summed E-state index contributed by atoms with van der Waals surface area (Å²) in [6, 6.07) is 7.46. The molecule has 2 aromatic rings. The van der Waals surface area contributed by atoms with Crippen molar-refractivity contribution in [3.8, 4) is 5.75 Å². The molecule has 0 radical (unpaired) electrons. The molecule has 0 saturated heterocycles. The number of nitrogens with one attached hydrogen (secondary N) is 1. The second kappa shape index (κ2) is 6.25. The maximum absolute atomic E-state index is 13.1. The van der Waals surface area contributed by atoms with E-state index in [0.29, 0.717) is 0 Å². The summed E-state index contributed by atoms with van der Waals surface area (Å²) >= 11 is 0. The third-order valence-corrected chi connectivity index (χ3v) is 4.68. The zero-order valence-corrected chi connectivity index (χ0v) is 13.3. The SMILES string of the molecule is COc1ccc(C(N)=O)cc1NS(=O)(=O)c1ccc(F)cc1C. The standard InChI is InChI=1S/C15H15FN2O4S/c1-9-7-11(16)4-6-14(9)23(20,21)18-12-8-10(15(17)19)3-5-13(12)22-2/h3-8,18H,1-2H3,(H2,17,19). The predicted molar refractivity (Wildman–Crippen MR) is 83.5 cm³/mol. The number of primary amides is 1. The maximum atomic E-state index is 13.1. The summed E-state index contributed by atoms with van der Waals surface area (Å²) in [6.45, 7) is 1.48. The Labute approximate surface area is 133 Å². The van der Waals surface area contributed by atoms with Crippen LogP contribution in [0.1, 0.15) is 15.9 Å².